The zero-order valence-corrected chi connectivity index (χ0v) is 12.1. The summed E-state index contributed by atoms with van der Waals surface area (Å²) < 4.78 is 14.3. The number of halogens is 2. The Hall–Kier alpha value is -0.670. The van der Waals surface area contributed by atoms with E-state index in [4.69, 9.17) is 0 Å². The summed E-state index contributed by atoms with van der Waals surface area (Å²) in [4.78, 5) is 0. The van der Waals surface area contributed by atoms with E-state index in [1.54, 1.807) is 6.07 Å². The van der Waals surface area contributed by atoms with Crippen molar-refractivity contribution in [2.75, 3.05) is 6.54 Å². The predicted octanol–water partition coefficient (Wildman–Crippen LogP) is 4.38. The van der Waals surface area contributed by atoms with Gasteiger partial charge in [0.1, 0.15) is 5.82 Å². The maximum absolute atomic E-state index is 13.8. The van der Waals surface area contributed by atoms with Crippen molar-refractivity contribution in [3.05, 3.63) is 40.1 Å². The average Bonchev–Trinajstić information content (AvgIpc) is 2.27. The van der Waals surface area contributed by atoms with Crippen LogP contribution >= 0.6 is 15.9 Å². The van der Waals surface area contributed by atoms with Crippen LogP contribution in [-0.4, -0.2) is 12.6 Å². The molecule has 1 N–H and O–H groups in total. The third-order valence-electron chi connectivity index (χ3n) is 2.52. The maximum atomic E-state index is 13.8. The first kappa shape index (κ1) is 14.4. The topological polar surface area (TPSA) is 12.0 Å². The minimum atomic E-state index is -0.182. The zero-order valence-electron chi connectivity index (χ0n) is 10.6. The molecule has 0 amide bonds. The van der Waals surface area contributed by atoms with Gasteiger partial charge in [0.05, 0.1) is 4.47 Å². The standard InChI is InChI=1S/C14H19BrFN/c1-10(2)17-9-5-6-11(3)12-7-4-8-13(15)14(12)16/h4,6-8,10,17H,5,9H2,1-3H3/b11-6-. The number of hydrogen-bond acceptors (Lipinski definition) is 1. The Morgan fingerprint density at radius 2 is 2.18 bits per heavy atom. The van der Waals surface area contributed by atoms with E-state index in [9.17, 15) is 4.39 Å². The molecule has 1 nitrogen and oxygen atoms in total. The lowest BCUT2D eigenvalue weighted by atomic mass is 10.1. The van der Waals surface area contributed by atoms with Crippen LogP contribution in [0.15, 0.2) is 28.7 Å². The minimum Gasteiger partial charge on any atom is -0.314 e. The molecule has 0 radical (unpaired) electrons. The molecule has 0 saturated heterocycles. The van der Waals surface area contributed by atoms with Crippen molar-refractivity contribution < 1.29 is 4.39 Å². The Labute approximate surface area is 111 Å². The van der Waals surface area contributed by atoms with Gasteiger partial charge in [-0.3, -0.25) is 0 Å². The summed E-state index contributed by atoms with van der Waals surface area (Å²) in [6.45, 7) is 7.10. The summed E-state index contributed by atoms with van der Waals surface area (Å²) in [5.41, 5.74) is 1.65. The van der Waals surface area contributed by atoms with Gasteiger partial charge >= 0.3 is 0 Å². The normalized spacial score (nSPS) is 12.2. The van der Waals surface area contributed by atoms with E-state index in [2.05, 4.69) is 41.2 Å². The molecule has 0 aliphatic carbocycles. The van der Waals surface area contributed by atoms with Crippen LogP contribution in [0.1, 0.15) is 32.8 Å². The first-order valence-corrected chi connectivity index (χ1v) is 6.66. The molecule has 0 heterocycles. The van der Waals surface area contributed by atoms with E-state index in [-0.39, 0.29) is 5.82 Å². The molecule has 0 unspecified atom stereocenters. The van der Waals surface area contributed by atoms with Crippen LogP contribution in [0.5, 0.6) is 0 Å². The quantitative estimate of drug-likeness (QED) is 0.796. The summed E-state index contributed by atoms with van der Waals surface area (Å²) in [5.74, 6) is -0.182. The van der Waals surface area contributed by atoms with Gasteiger partial charge in [-0.2, -0.15) is 0 Å². The van der Waals surface area contributed by atoms with Gasteiger partial charge in [-0.15, -0.1) is 0 Å². The highest BCUT2D eigenvalue weighted by Gasteiger charge is 2.06. The van der Waals surface area contributed by atoms with Crippen LogP contribution in [0.4, 0.5) is 4.39 Å². The maximum Gasteiger partial charge on any atom is 0.144 e. The highest BCUT2D eigenvalue weighted by atomic mass is 79.9. The molecule has 0 spiro atoms. The van der Waals surface area contributed by atoms with Crippen LogP contribution < -0.4 is 5.32 Å². The SMILES string of the molecule is C/C(=C/CCNC(C)C)c1cccc(Br)c1F. The summed E-state index contributed by atoms with van der Waals surface area (Å²) >= 11 is 3.20. The highest BCUT2D eigenvalue weighted by Crippen LogP contribution is 2.24. The molecule has 1 rings (SSSR count). The fourth-order valence-corrected chi connectivity index (χ4v) is 1.95. The van der Waals surface area contributed by atoms with Crippen molar-refractivity contribution in [2.45, 2.75) is 33.2 Å². The Balaban J connectivity index is 2.65. The van der Waals surface area contributed by atoms with Gasteiger partial charge in [0.2, 0.25) is 0 Å². The lowest BCUT2D eigenvalue weighted by molar-refractivity contribution is 0.594. The molecule has 0 aliphatic rings. The Kier molecular flexibility index (Phi) is 5.86. The molecule has 0 fully saturated rings. The van der Waals surface area contributed by atoms with Crippen molar-refractivity contribution in [2.24, 2.45) is 0 Å². The second-order valence-corrected chi connectivity index (χ2v) is 5.24. The monoisotopic (exact) mass is 299 g/mol. The van der Waals surface area contributed by atoms with E-state index >= 15 is 0 Å². The number of rotatable bonds is 5. The molecule has 1 aromatic rings. The summed E-state index contributed by atoms with van der Waals surface area (Å²) in [5, 5.41) is 3.33. The third-order valence-corrected chi connectivity index (χ3v) is 3.14. The van der Waals surface area contributed by atoms with Crippen molar-refractivity contribution in [1.29, 1.82) is 0 Å². The molecule has 0 aliphatic heterocycles. The number of hydrogen-bond donors (Lipinski definition) is 1. The number of allylic oxidation sites excluding steroid dienone is 1. The molecule has 0 saturated carbocycles. The molecular formula is C14H19BrFN. The lowest BCUT2D eigenvalue weighted by Gasteiger charge is -2.07. The fourth-order valence-electron chi connectivity index (χ4n) is 1.58. The molecule has 17 heavy (non-hydrogen) atoms. The minimum absolute atomic E-state index is 0.182. The average molecular weight is 300 g/mol. The Bertz CT molecular complexity index is 399. The highest BCUT2D eigenvalue weighted by molar-refractivity contribution is 9.10. The van der Waals surface area contributed by atoms with Crippen molar-refractivity contribution in [3.8, 4) is 0 Å². The molecule has 94 valence electrons. The molecule has 0 atom stereocenters. The van der Waals surface area contributed by atoms with Gasteiger partial charge < -0.3 is 5.32 Å². The van der Waals surface area contributed by atoms with E-state index in [0.29, 0.717) is 16.1 Å². The van der Waals surface area contributed by atoms with Crippen LogP contribution in [0.3, 0.4) is 0 Å². The lowest BCUT2D eigenvalue weighted by Crippen LogP contribution is -2.23. The van der Waals surface area contributed by atoms with E-state index < -0.39 is 0 Å². The fraction of sp³-hybridized carbons (Fsp3) is 0.429. The largest absolute Gasteiger partial charge is 0.314 e. The number of benzene rings is 1. The first-order chi connectivity index (χ1) is 8.02. The van der Waals surface area contributed by atoms with E-state index in [1.165, 1.54) is 0 Å². The summed E-state index contributed by atoms with van der Waals surface area (Å²) in [6, 6.07) is 5.87. The Morgan fingerprint density at radius 3 is 2.82 bits per heavy atom. The van der Waals surface area contributed by atoms with Crippen molar-refractivity contribution in [1.82, 2.24) is 5.32 Å². The number of nitrogens with one attached hydrogen (secondary N) is 1. The molecule has 0 aromatic heterocycles. The second kappa shape index (κ2) is 6.92. The molecular weight excluding hydrogens is 281 g/mol. The van der Waals surface area contributed by atoms with Crippen molar-refractivity contribution in [3.63, 3.8) is 0 Å². The van der Waals surface area contributed by atoms with Crippen LogP contribution in [0.25, 0.3) is 5.57 Å². The van der Waals surface area contributed by atoms with Gasteiger partial charge in [0.25, 0.3) is 0 Å². The van der Waals surface area contributed by atoms with Crippen LogP contribution in [0, 0.1) is 5.82 Å². The van der Waals surface area contributed by atoms with Gasteiger partial charge in [-0.05, 0) is 47.5 Å². The van der Waals surface area contributed by atoms with Crippen molar-refractivity contribution >= 4 is 21.5 Å². The smallest absolute Gasteiger partial charge is 0.144 e. The molecule has 0 bridgehead atoms. The van der Waals surface area contributed by atoms with E-state index in [1.807, 2.05) is 19.1 Å². The van der Waals surface area contributed by atoms with Gasteiger partial charge in [0, 0.05) is 11.6 Å². The first-order valence-electron chi connectivity index (χ1n) is 5.87. The molecule has 3 heteroatoms. The third kappa shape index (κ3) is 4.60. The van der Waals surface area contributed by atoms with Crippen LogP contribution in [0.2, 0.25) is 0 Å². The Morgan fingerprint density at radius 1 is 1.47 bits per heavy atom. The molecule has 1 aromatic carbocycles. The zero-order chi connectivity index (χ0) is 12.8. The summed E-state index contributed by atoms with van der Waals surface area (Å²) in [6.07, 6.45) is 2.98. The van der Waals surface area contributed by atoms with Gasteiger partial charge in [-0.1, -0.05) is 32.1 Å². The summed E-state index contributed by atoms with van der Waals surface area (Å²) in [7, 11) is 0. The van der Waals surface area contributed by atoms with E-state index in [0.717, 1.165) is 18.5 Å². The predicted molar refractivity (Wildman–Crippen MR) is 75.5 cm³/mol. The van der Waals surface area contributed by atoms with Gasteiger partial charge in [-0.25, -0.2) is 4.39 Å². The van der Waals surface area contributed by atoms with Gasteiger partial charge in [0.15, 0.2) is 0 Å². The van der Waals surface area contributed by atoms with Crippen LogP contribution in [-0.2, 0) is 0 Å². The second-order valence-electron chi connectivity index (χ2n) is 4.39.